The zero-order valence-corrected chi connectivity index (χ0v) is 21.1. The van der Waals surface area contributed by atoms with Crippen molar-refractivity contribution in [2.45, 2.75) is 59.5 Å². The van der Waals surface area contributed by atoms with Crippen molar-refractivity contribution in [2.24, 2.45) is 10.4 Å². The molecule has 16 heteroatoms. The summed E-state index contributed by atoms with van der Waals surface area (Å²) in [5.74, 6) is -0.979. The molecule has 0 N–H and O–H groups in total. The molecule has 0 amide bonds. The van der Waals surface area contributed by atoms with E-state index in [1.165, 1.54) is 27.7 Å². The second-order valence-electron chi connectivity index (χ2n) is 8.61. The predicted molar refractivity (Wildman–Crippen MR) is 114 cm³/mol. The van der Waals surface area contributed by atoms with Crippen molar-refractivity contribution in [3.63, 3.8) is 0 Å². The van der Waals surface area contributed by atoms with Gasteiger partial charge in [0.25, 0.3) is 5.56 Å². The van der Waals surface area contributed by atoms with Crippen molar-refractivity contribution < 1.29 is 49.0 Å². The van der Waals surface area contributed by atoms with E-state index in [9.17, 15) is 49.1 Å². The summed E-state index contributed by atoms with van der Waals surface area (Å²) in [5, 5.41) is 0. The Morgan fingerprint density at radius 3 is 1.92 bits per heavy atom. The third kappa shape index (κ3) is 6.96. The van der Waals surface area contributed by atoms with Crippen LogP contribution in [0.1, 0.15) is 44.5 Å². The largest absolute Gasteiger partial charge is 0.443 e. The number of hydrogen-bond donors (Lipinski definition) is 0. The Balaban J connectivity index is 3.05. The number of nitrogens with zero attached hydrogens (tertiary/aromatic N) is 3. The van der Waals surface area contributed by atoms with Gasteiger partial charge in [0, 0.05) is 12.6 Å². The van der Waals surface area contributed by atoms with Crippen LogP contribution in [0.2, 0.25) is 0 Å². The highest BCUT2D eigenvalue weighted by Crippen LogP contribution is 2.43. The quantitative estimate of drug-likeness (QED) is 0.302. The highest BCUT2D eigenvalue weighted by molar-refractivity contribution is 9.10. The first-order valence-electron chi connectivity index (χ1n) is 10.2. The Hall–Kier alpha value is -2.78. The molecule has 0 unspecified atom stereocenters. The van der Waals surface area contributed by atoms with Crippen LogP contribution in [0, 0.1) is 5.41 Å². The standard InChI is InChI=1S/C21H19BrF9N3O3/c1-5-33-14(35)8-13(21(29,30)31)34(9-37-16(36)18(2,3)4)17(33)32-12-7-10(19(23,24)25)6-11(15(12)22)20(26,27)28/h6-8H,5,9H2,1-4H3. The minimum Gasteiger partial charge on any atom is -0.443 e. The first-order chi connectivity index (χ1) is 16.6. The molecule has 37 heavy (non-hydrogen) atoms. The van der Waals surface area contributed by atoms with E-state index < -0.39 is 74.8 Å². The number of hydrogen-bond acceptors (Lipinski definition) is 4. The molecular formula is C21H19BrF9N3O3. The fourth-order valence-electron chi connectivity index (χ4n) is 2.91. The number of alkyl halides is 9. The number of benzene rings is 1. The number of carbonyl (C=O) groups is 1. The minimum atomic E-state index is -5.30. The highest BCUT2D eigenvalue weighted by Gasteiger charge is 2.40. The third-order valence-corrected chi connectivity index (χ3v) is 5.58. The van der Waals surface area contributed by atoms with Crippen LogP contribution >= 0.6 is 15.9 Å². The Morgan fingerprint density at radius 2 is 1.49 bits per heavy atom. The van der Waals surface area contributed by atoms with Crippen LogP contribution in [0.25, 0.3) is 0 Å². The van der Waals surface area contributed by atoms with Crippen molar-refractivity contribution in [1.29, 1.82) is 0 Å². The molecule has 2 aromatic rings. The Kier molecular flexibility index (Phi) is 8.37. The molecule has 206 valence electrons. The van der Waals surface area contributed by atoms with Crippen molar-refractivity contribution >= 4 is 27.6 Å². The highest BCUT2D eigenvalue weighted by atomic mass is 79.9. The number of rotatable bonds is 4. The zero-order valence-electron chi connectivity index (χ0n) is 19.5. The second-order valence-corrected chi connectivity index (χ2v) is 9.41. The average Bonchev–Trinajstić information content (AvgIpc) is 2.70. The maximum atomic E-state index is 13.8. The van der Waals surface area contributed by atoms with Crippen molar-refractivity contribution in [3.05, 3.63) is 55.5 Å². The van der Waals surface area contributed by atoms with Crippen LogP contribution in [0.3, 0.4) is 0 Å². The number of halogens is 10. The molecule has 1 heterocycles. The third-order valence-electron chi connectivity index (χ3n) is 4.75. The summed E-state index contributed by atoms with van der Waals surface area (Å²) in [6.07, 6.45) is -15.8. The van der Waals surface area contributed by atoms with Gasteiger partial charge in [0.05, 0.1) is 26.7 Å². The molecule has 0 radical (unpaired) electrons. The van der Waals surface area contributed by atoms with E-state index in [0.29, 0.717) is 4.57 Å². The fraction of sp³-hybridized carbons (Fsp3) is 0.476. The van der Waals surface area contributed by atoms with E-state index in [1.54, 1.807) is 0 Å². The zero-order chi connectivity index (χ0) is 28.7. The lowest BCUT2D eigenvalue weighted by atomic mass is 9.98. The molecule has 0 bridgehead atoms. The average molecular weight is 612 g/mol. The van der Waals surface area contributed by atoms with Gasteiger partial charge in [-0.15, -0.1) is 0 Å². The number of ether oxygens (including phenoxy) is 1. The van der Waals surface area contributed by atoms with E-state index in [-0.39, 0.29) is 29.3 Å². The predicted octanol–water partition coefficient (Wildman–Crippen LogP) is 6.27. The van der Waals surface area contributed by atoms with E-state index in [4.69, 9.17) is 4.74 Å². The molecule has 6 nitrogen and oxygen atoms in total. The topological polar surface area (TPSA) is 65.6 Å². The van der Waals surface area contributed by atoms with Gasteiger partial charge in [-0.05, 0) is 55.8 Å². The normalized spacial score (nSPS) is 13.7. The molecule has 1 aromatic heterocycles. The lowest BCUT2D eigenvalue weighted by molar-refractivity contribution is -0.162. The molecule has 0 aliphatic heterocycles. The van der Waals surface area contributed by atoms with E-state index in [2.05, 4.69) is 20.9 Å². The Labute approximate surface area is 211 Å². The molecule has 0 spiro atoms. The lowest BCUT2D eigenvalue weighted by Crippen LogP contribution is -2.44. The lowest BCUT2D eigenvalue weighted by Gasteiger charge is -2.22. The number of carbonyl (C=O) groups excluding carboxylic acids is 1. The molecule has 2 rings (SSSR count). The van der Waals surface area contributed by atoms with Gasteiger partial charge in [-0.2, -0.15) is 39.5 Å². The molecular weight excluding hydrogens is 593 g/mol. The molecule has 0 saturated carbocycles. The second kappa shape index (κ2) is 10.2. The van der Waals surface area contributed by atoms with Gasteiger partial charge in [0.15, 0.2) is 6.73 Å². The molecule has 0 aliphatic carbocycles. The van der Waals surface area contributed by atoms with Crippen LogP contribution < -0.4 is 11.2 Å². The summed E-state index contributed by atoms with van der Waals surface area (Å²) < 4.78 is 126. The Bertz CT molecular complexity index is 1310. The monoisotopic (exact) mass is 611 g/mol. The van der Waals surface area contributed by atoms with Crippen molar-refractivity contribution in [2.75, 3.05) is 0 Å². The Morgan fingerprint density at radius 1 is 0.919 bits per heavy atom. The summed E-state index contributed by atoms with van der Waals surface area (Å²) in [4.78, 5) is 28.2. The van der Waals surface area contributed by atoms with E-state index >= 15 is 0 Å². The van der Waals surface area contributed by atoms with Gasteiger partial charge in [0.2, 0.25) is 5.62 Å². The van der Waals surface area contributed by atoms with Gasteiger partial charge in [-0.25, -0.2) is 4.99 Å². The summed E-state index contributed by atoms with van der Waals surface area (Å²) >= 11 is 2.53. The van der Waals surface area contributed by atoms with Crippen molar-refractivity contribution in [3.8, 4) is 0 Å². The van der Waals surface area contributed by atoms with Crippen LogP contribution in [0.5, 0.6) is 0 Å². The van der Waals surface area contributed by atoms with Gasteiger partial charge in [-0.3, -0.25) is 18.7 Å². The molecule has 0 aliphatic rings. The van der Waals surface area contributed by atoms with Crippen LogP contribution in [0.4, 0.5) is 45.2 Å². The van der Waals surface area contributed by atoms with Gasteiger partial charge >= 0.3 is 24.5 Å². The summed E-state index contributed by atoms with van der Waals surface area (Å²) in [6.45, 7) is 3.87. The summed E-state index contributed by atoms with van der Waals surface area (Å²) in [6, 6.07) is 0.132. The first-order valence-corrected chi connectivity index (χ1v) is 11.0. The van der Waals surface area contributed by atoms with Crippen LogP contribution in [0.15, 0.2) is 32.5 Å². The van der Waals surface area contributed by atoms with Crippen LogP contribution in [-0.4, -0.2) is 15.1 Å². The van der Waals surface area contributed by atoms with Crippen molar-refractivity contribution in [1.82, 2.24) is 9.13 Å². The maximum absolute atomic E-state index is 13.8. The van der Waals surface area contributed by atoms with Gasteiger partial charge in [-0.1, -0.05) is 0 Å². The van der Waals surface area contributed by atoms with Gasteiger partial charge < -0.3 is 4.74 Å². The maximum Gasteiger partial charge on any atom is 0.431 e. The molecule has 0 atom stereocenters. The van der Waals surface area contributed by atoms with Crippen LogP contribution in [-0.2, 0) is 41.3 Å². The van der Waals surface area contributed by atoms with E-state index in [0.717, 1.165) is 0 Å². The molecule has 1 aromatic carbocycles. The molecule has 0 saturated heterocycles. The fourth-order valence-corrected chi connectivity index (χ4v) is 3.46. The number of esters is 1. The smallest absolute Gasteiger partial charge is 0.431 e. The van der Waals surface area contributed by atoms with Gasteiger partial charge in [0.1, 0.15) is 5.69 Å². The molecule has 0 fully saturated rings. The van der Waals surface area contributed by atoms with E-state index in [1.807, 2.05) is 0 Å². The summed E-state index contributed by atoms with van der Waals surface area (Å²) in [5.41, 5.74) is -9.83. The minimum absolute atomic E-state index is 0.149. The first kappa shape index (κ1) is 30.4. The summed E-state index contributed by atoms with van der Waals surface area (Å²) in [7, 11) is 0. The number of aromatic nitrogens is 2. The SMILES string of the molecule is CCn1c(=O)cc(C(F)(F)F)n(COC(=O)C(C)(C)C)c1=Nc1cc(C(F)(F)F)cc(C(F)(F)F)c1Br.